The average Bonchev–Trinajstić information content (AvgIpc) is 2.98. The molecule has 0 N–H and O–H groups in total. The van der Waals surface area contributed by atoms with Crippen LogP contribution in [0.2, 0.25) is 0 Å². The first kappa shape index (κ1) is 24.4. The minimum absolute atomic E-state index is 0.0148. The van der Waals surface area contributed by atoms with Crippen molar-refractivity contribution in [2.24, 2.45) is 23.2 Å². The molecule has 0 saturated heterocycles. The van der Waals surface area contributed by atoms with Gasteiger partial charge in [-0.1, -0.05) is 12.5 Å². The molecule has 0 amide bonds. The van der Waals surface area contributed by atoms with E-state index in [1.165, 1.54) is 19.3 Å². The molecule has 0 radical (unpaired) electrons. The van der Waals surface area contributed by atoms with Gasteiger partial charge < -0.3 is 14.2 Å². The quantitative estimate of drug-likeness (QED) is 0.322. The molecule has 176 valence electrons. The zero-order valence-corrected chi connectivity index (χ0v) is 20.3. The van der Waals surface area contributed by atoms with Gasteiger partial charge in [0, 0.05) is 31.1 Å². The Morgan fingerprint density at radius 3 is 2.53 bits per heavy atom. The molecular weight excluding hydrogens is 408 g/mol. The second-order valence-corrected chi connectivity index (χ2v) is 10.6. The summed E-state index contributed by atoms with van der Waals surface area (Å²) in [5, 5.41) is 0. The Morgan fingerprint density at radius 2 is 1.94 bits per heavy atom. The van der Waals surface area contributed by atoms with E-state index in [0.717, 1.165) is 30.4 Å². The number of carbonyl (C=O) groups is 3. The zero-order chi connectivity index (χ0) is 23.8. The van der Waals surface area contributed by atoms with Crippen LogP contribution < -0.4 is 0 Å². The highest BCUT2D eigenvalue weighted by Gasteiger charge is 2.57. The molecule has 32 heavy (non-hydrogen) atoms. The Labute approximate surface area is 191 Å². The number of ether oxygens (including phenoxy) is 3. The van der Waals surface area contributed by atoms with Gasteiger partial charge in [-0.15, -0.1) is 0 Å². The Balaban J connectivity index is 2.05. The summed E-state index contributed by atoms with van der Waals surface area (Å²) >= 11 is 0. The second kappa shape index (κ2) is 8.97. The highest BCUT2D eigenvalue weighted by molar-refractivity contribution is 5.94. The monoisotopic (exact) mass is 444 g/mol. The van der Waals surface area contributed by atoms with Gasteiger partial charge in [-0.25, -0.2) is 9.59 Å². The molecule has 1 fully saturated rings. The molecule has 0 aromatic heterocycles. The van der Waals surface area contributed by atoms with E-state index in [1.54, 1.807) is 7.11 Å². The molecule has 0 aromatic rings. The summed E-state index contributed by atoms with van der Waals surface area (Å²) in [4.78, 5) is 37.0. The first-order valence-corrected chi connectivity index (χ1v) is 11.4. The number of hydrogen-bond donors (Lipinski definition) is 0. The average molecular weight is 445 g/mol. The molecule has 2 aliphatic carbocycles. The van der Waals surface area contributed by atoms with E-state index in [2.05, 4.69) is 20.8 Å². The van der Waals surface area contributed by atoms with Crippen molar-refractivity contribution in [3.05, 3.63) is 35.1 Å². The summed E-state index contributed by atoms with van der Waals surface area (Å²) in [6, 6.07) is 0. The van der Waals surface area contributed by atoms with E-state index in [9.17, 15) is 14.4 Å². The van der Waals surface area contributed by atoms with Crippen molar-refractivity contribution in [3.63, 3.8) is 0 Å². The van der Waals surface area contributed by atoms with E-state index in [4.69, 9.17) is 14.2 Å². The highest BCUT2D eigenvalue weighted by Crippen LogP contribution is 2.61. The number of ketones is 1. The third kappa shape index (κ3) is 4.61. The summed E-state index contributed by atoms with van der Waals surface area (Å²) in [5.41, 5.74) is 1.93. The van der Waals surface area contributed by atoms with Crippen LogP contribution in [0.5, 0.6) is 0 Å². The molecule has 3 aliphatic rings. The smallest absolute Gasteiger partial charge is 0.335 e. The van der Waals surface area contributed by atoms with Crippen molar-refractivity contribution < 1.29 is 28.6 Å². The Morgan fingerprint density at radius 1 is 1.25 bits per heavy atom. The maximum atomic E-state index is 13.1. The molecule has 1 heterocycles. The predicted octanol–water partition coefficient (Wildman–Crippen LogP) is 4.69. The van der Waals surface area contributed by atoms with Crippen molar-refractivity contribution >= 4 is 17.7 Å². The lowest BCUT2D eigenvalue weighted by Gasteiger charge is -2.53. The summed E-state index contributed by atoms with van der Waals surface area (Å²) in [6.45, 7) is 11.5. The second-order valence-electron chi connectivity index (χ2n) is 10.6. The van der Waals surface area contributed by atoms with Gasteiger partial charge in [-0.05, 0) is 82.8 Å². The normalized spacial score (nSPS) is 31.9. The summed E-state index contributed by atoms with van der Waals surface area (Å²) in [5.74, 6) is -0.730. The Bertz CT molecular complexity index is 888. The van der Waals surface area contributed by atoms with Crippen LogP contribution in [0.3, 0.4) is 0 Å². The molecule has 0 unspecified atom stereocenters. The largest absolute Gasteiger partial charge is 0.454 e. The van der Waals surface area contributed by atoms with E-state index < -0.39 is 12.1 Å². The van der Waals surface area contributed by atoms with Gasteiger partial charge >= 0.3 is 11.9 Å². The summed E-state index contributed by atoms with van der Waals surface area (Å²) in [6.07, 6.45) is 7.02. The molecule has 6 nitrogen and oxygen atoms in total. The third-order valence-corrected chi connectivity index (χ3v) is 7.54. The third-order valence-electron chi connectivity index (χ3n) is 7.54. The van der Waals surface area contributed by atoms with Crippen LogP contribution in [0.25, 0.3) is 0 Å². The van der Waals surface area contributed by atoms with Gasteiger partial charge in [0.05, 0.1) is 11.9 Å². The number of rotatable bonds is 7. The minimum Gasteiger partial charge on any atom is -0.454 e. The molecule has 0 spiro atoms. The number of methoxy groups -OCH3 is 1. The van der Waals surface area contributed by atoms with Gasteiger partial charge in [-0.3, -0.25) is 4.79 Å². The van der Waals surface area contributed by atoms with Gasteiger partial charge in [0.2, 0.25) is 0 Å². The van der Waals surface area contributed by atoms with Crippen LogP contribution in [0.1, 0.15) is 67.2 Å². The molecule has 3 rings (SSSR count). The van der Waals surface area contributed by atoms with Gasteiger partial charge in [0.25, 0.3) is 0 Å². The molecule has 6 heteroatoms. The Hall–Kier alpha value is -2.21. The molecular formula is C26H36O6. The number of esters is 2. The number of hydrogen-bond acceptors (Lipinski definition) is 6. The summed E-state index contributed by atoms with van der Waals surface area (Å²) in [7, 11) is 1.71. The van der Waals surface area contributed by atoms with Crippen molar-refractivity contribution in [1.82, 2.24) is 0 Å². The molecule has 1 saturated carbocycles. The standard InChI is InChI=1S/C26H36O6/c1-15(2)12-21(28)31-11-9-19-23-20(13-16(3)27)32-24(29)22(23)17-14-26(19,6)10-8-18(17)25(4,5)30-7/h9,11-12,17-20H,8,10,13-14H2,1-7H3/b11-9+/t17-,18-,19-,20-,26-/m0/s1. The fraction of sp³-hybridized carbons (Fsp3) is 0.654. The van der Waals surface area contributed by atoms with Gasteiger partial charge in [-0.2, -0.15) is 0 Å². The van der Waals surface area contributed by atoms with Crippen LogP contribution in [-0.2, 0) is 28.6 Å². The first-order valence-electron chi connectivity index (χ1n) is 11.4. The van der Waals surface area contributed by atoms with Crippen LogP contribution in [0.4, 0.5) is 0 Å². The highest BCUT2D eigenvalue weighted by atomic mass is 16.5. The number of cyclic esters (lactones) is 1. The Kier molecular flexibility index (Phi) is 6.85. The number of allylic oxidation sites excluding steroid dienone is 2. The van der Waals surface area contributed by atoms with E-state index in [-0.39, 0.29) is 46.9 Å². The van der Waals surface area contributed by atoms with Crippen molar-refractivity contribution in [3.8, 4) is 0 Å². The number of fused-ring (bicyclic) bond motifs is 3. The number of Topliss-reactive ketones (excluding diaryl/α,β-unsaturated/α-hetero) is 1. The van der Waals surface area contributed by atoms with E-state index in [1.807, 2.05) is 19.9 Å². The minimum atomic E-state index is -0.565. The fourth-order valence-corrected chi connectivity index (χ4v) is 5.86. The first-order chi connectivity index (χ1) is 14.9. The molecule has 0 aromatic carbocycles. The van der Waals surface area contributed by atoms with Crippen LogP contribution in [-0.4, -0.2) is 36.5 Å². The SMILES string of the molecule is COC(C)(C)[C@H]1CC[C@@]2(C)C[C@@H]1C1=C([C@H](CC(C)=O)OC1=O)[C@@H]2/C=C/OC(=O)C=C(C)C. The maximum Gasteiger partial charge on any atom is 0.335 e. The van der Waals surface area contributed by atoms with Crippen LogP contribution in [0, 0.1) is 23.2 Å². The van der Waals surface area contributed by atoms with Crippen molar-refractivity contribution in [2.45, 2.75) is 78.9 Å². The molecule has 5 atom stereocenters. The lowest BCUT2D eigenvalue weighted by Crippen LogP contribution is -2.50. The fourth-order valence-electron chi connectivity index (χ4n) is 5.86. The lowest BCUT2D eigenvalue weighted by molar-refractivity contribution is -0.142. The predicted molar refractivity (Wildman–Crippen MR) is 120 cm³/mol. The zero-order valence-electron chi connectivity index (χ0n) is 20.3. The van der Waals surface area contributed by atoms with Crippen molar-refractivity contribution in [2.75, 3.05) is 7.11 Å². The molecule has 1 aliphatic heterocycles. The maximum absolute atomic E-state index is 13.1. The number of carbonyl (C=O) groups excluding carboxylic acids is 3. The van der Waals surface area contributed by atoms with Crippen LogP contribution >= 0.6 is 0 Å². The van der Waals surface area contributed by atoms with Gasteiger partial charge in [0.1, 0.15) is 11.9 Å². The summed E-state index contributed by atoms with van der Waals surface area (Å²) < 4.78 is 16.9. The van der Waals surface area contributed by atoms with Crippen LogP contribution in [0.15, 0.2) is 35.1 Å². The molecule has 2 bridgehead atoms. The van der Waals surface area contributed by atoms with E-state index in [0.29, 0.717) is 5.57 Å². The van der Waals surface area contributed by atoms with E-state index >= 15 is 0 Å². The van der Waals surface area contributed by atoms with Crippen molar-refractivity contribution in [1.29, 1.82) is 0 Å². The van der Waals surface area contributed by atoms with Gasteiger partial charge in [0.15, 0.2) is 0 Å². The topological polar surface area (TPSA) is 78.9 Å². The lowest BCUT2D eigenvalue weighted by atomic mass is 9.51.